The van der Waals surface area contributed by atoms with Crippen LogP contribution in [0.25, 0.3) is 76.5 Å². The van der Waals surface area contributed by atoms with Crippen molar-refractivity contribution in [2.75, 3.05) is 0 Å². The molecule has 0 atom stereocenters. The first-order valence-corrected chi connectivity index (χ1v) is 12.4. The van der Waals surface area contributed by atoms with Gasteiger partial charge in [-0.15, -0.1) is 0 Å². The molecule has 0 aliphatic rings. The van der Waals surface area contributed by atoms with Gasteiger partial charge in [0, 0.05) is 16.2 Å². The maximum Gasteiger partial charge on any atom is 0.143 e. The van der Waals surface area contributed by atoms with Crippen LogP contribution < -0.4 is 0 Å². The smallest absolute Gasteiger partial charge is 0.143 e. The Balaban J connectivity index is 1.55. The van der Waals surface area contributed by atoms with Gasteiger partial charge in [-0.25, -0.2) is 0 Å². The first-order valence-electron chi connectivity index (χ1n) is 14.4. The van der Waals surface area contributed by atoms with E-state index >= 15 is 0 Å². The summed E-state index contributed by atoms with van der Waals surface area (Å²) in [5, 5.41) is 8.21. The molecule has 8 rings (SSSR count). The summed E-state index contributed by atoms with van der Waals surface area (Å²) >= 11 is 0. The molecule has 1 nitrogen and oxygen atoms in total. The van der Waals surface area contributed by atoms with E-state index in [-0.39, 0.29) is 24.2 Å². The van der Waals surface area contributed by atoms with Gasteiger partial charge in [-0.1, -0.05) is 121 Å². The fourth-order valence-electron chi connectivity index (χ4n) is 5.88. The van der Waals surface area contributed by atoms with Crippen molar-refractivity contribution in [3.63, 3.8) is 0 Å². The maximum atomic E-state index is 8.78. The molecule has 0 aliphatic carbocycles. The molecule has 0 bridgehead atoms. The number of furan rings is 1. The quantitative estimate of drug-likeness (QED) is 0.227. The van der Waals surface area contributed by atoms with Gasteiger partial charge in [0.15, 0.2) is 0 Å². The van der Waals surface area contributed by atoms with Gasteiger partial charge in [-0.05, 0) is 61.3 Å². The lowest BCUT2D eigenvalue weighted by Crippen LogP contribution is -1.91. The van der Waals surface area contributed by atoms with Crippen LogP contribution in [0.15, 0.2) is 138 Å². The monoisotopic (exact) mass is 474 g/mol. The molecule has 0 N–H and O–H groups in total. The van der Waals surface area contributed by atoms with Crippen LogP contribution in [-0.2, 0) is 0 Å². The van der Waals surface area contributed by atoms with Gasteiger partial charge in [0.25, 0.3) is 0 Å². The number of fused-ring (bicyclic) bond motifs is 7. The molecule has 172 valence electrons. The van der Waals surface area contributed by atoms with Gasteiger partial charge < -0.3 is 4.42 Å². The largest absolute Gasteiger partial charge is 0.455 e. The van der Waals surface area contributed by atoms with E-state index in [1.54, 1.807) is 6.07 Å². The van der Waals surface area contributed by atoms with Gasteiger partial charge in [-0.2, -0.15) is 0 Å². The van der Waals surface area contributed by atoms with E-state index in [0.29, 0.717) is 5.56 Å². The van der Waals surface area contributed by atoms with Crippen LogP contribution in [0.5, 0.6) is 0 Å². The highest BCUT2D eigenvalue weighted by molar-refractivity contribution is 6.26. The summed E-state index contributed by atoms with van der Waals surface area (Å²) in [5.74, 6) is 0. The zero-order chi connectivity index (χ0) is 27.8. The maximum absolute atomic E-state index is 8.78. The van der Waals surface area contributed by atoms with Crippen molar-refractivity contribution in [1.82, 2.24) is 0 Å². The van der Waals surface area contributed by atoms with Crippen molar-refractivity contribution in [1.29, 1.82) is 0 Å². The Bertz CT molecular complexity index is 2310. The summed E-state index contributed by atoms with van der Waals surface area (Å²) in [6.45, 7) is 0. The van der Waals surface area contributed by atoms with Crippen molar-refractivity contribution in [3.8, 4) is 22.3 Å². The average molecular weight is 475 g/mol. The van der Waals surface area contributed by atoms with Crippen LogP contribution in [-0.4, -0.2) is 0 Å². The van der Waals surface area contributed by atoms with E-state index in [1.807, 2.05) is 60.7 Å². The number of hydrogen-bond donors (Lipinski definition) is 0. The van der Waals surface area contributed by atoms with Gasteiger partial charge in [0.2, 0.25) is 0 Å². The summed E-state index contributed by atoms with van der Waals surface area (Å²) in [5.41, 5.74) is 5.13. The molecule has 1 heterocycles. The van der Waals surface area contributed by atoms with Crippen LogP contribution in [0.2, 0.25) is 0 Å². The molecule has 1 heteroatoms. The second-order valence-electron chi connectivity index (χ2n) is 9.36. The Labute approximate surface area is 219 Å². The summed E-state index contributed by atoms with van der Waals surface area (Å²) in [6.07, 6.45) is 0. The van der Waals surface area contributed by atoms with Crippen molar-refractivity contribution in [2.45, 2.75) is 0 Å². The van der Waals surface area contributed by atoms with Crippen molar-refractivity contribution in [2.24, 2.45) is 0 Å². The predicted octanol–water partition coefficient (Wildman–Crippen LogP) is 10.4. The standard InChI is InChI=1S/C36H22O/c1-2-12-24(13-3-1)33-26-15-6-8-17-28(26)34(29-18-9-7-16-27(29)33)30-19-10-20-32-35(30)31-22-21-23-11-4-5-14-25(23)36(31)37-32/h1-22H/i1D,2D,3D,12D. The van der Waals surface area contributed by atoms with E-state index in [1.165, 1.54) is 0 Å². The molecule has 0 saturated heterocycles. The van der Waals surface area contributed by atoms with Crippen LogP contribution in [0, 0.1) is 0 Å². The number of hydrogen-bond acceptors (Lipinski definition) is 1. The molecule has 0 aliphatic heterocycles. The Hall–Kier alpha value is -4.88. The number of rotatable bonds is 2. The van der Waals surface area contributed by atoms with Crippen molar-refractivity contribution < 1.29 is 9.90 Å². The first kappa shape index (κ1) is 16.7. The van der Waals surface area contributed by atoms with Crippen LogP contribution in [0.1, 0.15) is 5.48 Å². The lowest BCUT2D eigenvalue weighted by atomic mass is 9.85. The fraction of sp³-hybridized carbons (Fsp3) is 0. The highest BCUT2D eigenvalue weighted by atomic mass is 16.3. The third-order valence-electron chi connectivity index (χ3n) is 7.41. The zero-order valence-electron chi connectivity index (χ0n) is 23.8. The molecule has 0 spiro atoms. The minimum absolute atomic E-state index is 0.0381. The average Bonchev–Trinajstić information content (AvgIpc) is 3.40. The predicted molar refractivity (Wildman–Crippen MR) is 157 cm³/mol. The van der Waals surface area contributed by atoms with Crippen molar-refractivity contribution in [3.05, 3.63) is 133 Å². The van der Waals surface area contributed by atoms with Crippen molar-refractivity contribution >= 4 is 54.3 Å². The van der Waals surface area contributed by atoms with Gasteiger partial charge in [-0.3, -0.25) is 0 Å². The van der Waals surface area contributed by atoms with Gasteiger partial charge in [0.05, 0.1) is 5.48 Å². The molecule has 1 aromatic heterocycles. The van der Waals surface area contributed by atoms with Crippen LogP contribution in [0.4, 0.5) is 0 Å². The van der Waals surface area contributed by atoms with Crippen LogP contribution >= 0.6 is 0 Å². The second-order valence-corrected chi connectivity index (χ2v) is 9.36. The Kier molecular flexibility index (Phi) is 3.53. The van der Waals surface area contributed by atoms with Crippen LogP contribution in [0.3, 0.4) is 0 Å². The molecule has 0 radical (unpaired) electrons. The molecule has 7 aromatic carbocycles. The second kappa shape index (κ2) is 7.81. The summed E-state index contributed by atoms with van der Waals surface area (Å²) in [6, 6.07) is 36.1. The minimum Gasteiger partial charge on any atom is -0.455 e. The molecule has 0 fully saturated rings. The van der Waals surface area contributed by atoms with E-state index in [0.717, 1.165) is 70.9 Å². The third kappa shape index (κ3) is 2.92. The Morgan fingerprint density at radius 2 is 1.16 bits per heavy atom. The highest BCUT2D eigenvalue weighted by Gasteiger charge is 2.20. The topological polar surface area (TPSA) is 13.1 Å². The van der Waals surface area contributed by atoms with Gasteiger partial charge >= 0.3 is 0 Å². The normalized spacial score (nSPS) is 13.3. The molecule has 8 aromatic rings. The molecule has 37 heavy (non-hydrogen) atoms. The van der Waals surface area contributed by atoms with E-state index < -0.39 is 0 Å². The summed E-state index contributed by atoms with van der Waals surface area (Å²) in [4.78, 5) is 0. The SMILES string of the molecule is [2H]c1cc(-c2c3ccccc3c(-c3cccc4oc5c6ccccc6ccc5c34)c3ccccc23)c([2H])c([2H])c1[2H]. The van der Waals surface area contributed by atoms with E-state index in [4.69, 9.17) is 9.90 Å². The van der Waals surface area contributed by atoms with E-state index in [9.17, 15) is 0 Å². The minimum atomic E-state index is -0.230. The Morgan fingerprint density at radius 3 is 1.92 bits per heavy atom. The summed E-state index contributed by atoms with van der Waals surface area (Å²) in [7, 11) is 0. The number of benzene rings is 7. The summed E-state index contributed by atoms with van der Waals surface area (Å²) < 4.78 is 40.1. The zero-order valence-corrected chi connectivity index (χ0v) is 19.8. The third-order valence-corrected chi connectivity index (χ3v) is 7.41. The Morgan fingerprint density at radius 1 is 0.486 bits per heavy atom. The molecule has 0 saturated carbocycles. The molecule has 0 amide bonds. The molecular weight excluding hydrogens is 448 g/mol. The molecule has 0 unspecified atom stereocenters. The molecular formula is C36H22O. The highest BCUT2D eigenvalue weighted by Crippen LogP contribution is 2.47. The first-order chi connectivity index (χ1) is 20.0. The lowest BCUT2D eigenvalue weighted by molar-refractivity contribution is 0.673. The fourth-order valence-corrected chi connectivity index (χ4v) is 5.88. The van der Waals surface area contributed by atoms with E-state index in [2.05, 4.69) is 42.5 Å². The van der Waals surface area contributed by atoms with Gasteiger partial charge in [0.1, 0.15) is 11.2 Å². The lowest BCUT2D eigenvalue weighted by Gasteiger charge is -2.18.